The van der Waals surface area contributed by atoms with Gasteiger partial charge in [-0.15, -0.1) is 0 Å². The molecule has 0 saturated carbocycles. The number of unbranched alkanes of at least 4 members (excludes halogenated alkanes) is 2. The smallest absolute Gasteiger partial charge is 0.335 e. The van der Waals surface area contributed by atoms with Crippen LogP contribution < -0.4 is 5.32 Å². The lowest BCUT2D eigenvalue weighted by Gasteiger charge is -2.13. The third-order valence-electron chi connectivity index (χ3n) is 2.68. The van der Waals surface area contributed by atoms with Gasteiger partial charge in [-0.2, -0.15) is 0 Å². The first-order valence-corrected chi connectivity index (χ1v) is 6.78. The van der Waals surface area contributed by atoms with E-state index in [0.29, 0.717) is 6.61 Å². The fourth-order valence-electron chi connectivity index (χ4n) is 1.57. The van der Waals surface area contributed by atoms with Crippen molar-refractivity contribution < 1.29 is 9.53 Å². The third-order valence-corrected chi connectivity index (χ3v) is 2.68. The van der Waals surface area contributed by atoms with E-state index in [4.69, 9.17) is 4.74 Å². The molecule has 17 heavy (non-hydrogen) atoms. The molecule has 0 radical (unpaired) electrons. The van der Waals surface area contributed by atoms with Crippen LogP contribution in [-0.4, -0.2) is 19.1 Å². The highest BCUT2D eigenvalue weighted by molar-refractivity contribution is 5.89. The van der Waals surface area contributed by atoms with Gasteiger partial charge in [-0.05, 0) is 33.1 Å². The number of carbonyl (C=O) groups excluding carboxylic acids is 1. The average molecular weight is 241 g/mol. The fraction of sp³-hybridized carbons (Fsp3) is 0.786. The number of ether oxygens (including phenoxy) is 1. The second kappa shape index (κ2) is 10.2. The molecule has 0 saturated heterocycles. The van der Waals surface area contributed by atoms with Crippen LogP contribution in [0.15, 0.2) is 11.3 Å². The van der Waals surface area contributed by atoms with Crippen molar-refractivity contribution in [3.63, 3.8) is 0 Å². The van der Waals surface area contributed by atoms with Crippen LogP contribution in [0.25, 0.3) is 0 Å². The van der Waals surface area contributed by atoms with E-state index in [9.17, 15) is 4.79 Å². The summed E-state index contributed by atoms with van der Waals surface area (Å²) in [6.07, 6.45) is 5.21. The Morgan fingerprint density at radius 3 is 2.29 bits per heavy atom. The molecule has 0 aliphatic rings. The monoisotopic (exact) mass is 241 g/mol. The Morgan fingerprint density at radius 1 is 1.12 bits per heavy atom. The first kappa shape index (κ1) is 16.0. The molecule has 1 N–H and O–H groups in total. The molecule has 0 aromatic rings. The van der Waals surface area contributed by atoms with Crippen molar-refractivity contribution in [2.24, 2.45) is 0 Å². The summed E-state index contributed by atoms with van der Waals surface area (Å²) in [4.78, 5) is 11.8. The lowest BCUT2D eigenvalue weighted by molar-refractivity contribution is -0.138. The van der Waals surface area contributed by atoms with E-state index < -0.39 is 0 Å². The second-order valence-electron chi connectivity index (χ2n) is 4.21. The van der Waals surface area contributed by atoms with Crippen molar-refractivity contribution in [2.75, 3.05) is 13.2 Å². The minimum atomic E-state index is -0.164. The predicted molar refractivity (Wildman–Crippen MR) is 71.8 cm³/mol. The maximum Gasteiger partial charge on any atom is 0.335 e. The molecule has 0 atom stereocenters. The molecule has 0 aromatic carbocycles. The Kier molecular flexibility index (Phi) is 9.59. The molecule has 0 aliphatic carbocycles. The molecule has 3 heteroatoms. The molecule has 0 aliphatic heterocycles. The lowest BCUT2D eigenvalue weighted by atomic mass is 10.1. The number of hydrogen-bond donors (Lipinski definition) is 1. The minimum Gasteiger partial charge on any atom is -0.463 e. The molecular formula is C14H27NO2. The van der Waals surface area contributed by atoms with Gasteiger partial charge in [-0.1, -0.05) is 26.7 Å². The molecular weight excluding hydrogens is 214 g/mol. The van der Waals surface area contributed by atoms with Crippen LogP contribution in [0.1, 0.15) is 59.8 Å². The standard InChI is InChI=1S/C14H27NO2/c1-5-8-10-13(14(16)17-7-3)12(4)15-11-9-6-2/h15H,5-11H2,1-4H3. The number of rotatable bonds is 9. The van der Waals surface area contributed by atoms with Crippen LogP contribution in [0.5, 0.6) is 0 Å². The number of esters is 1. The second-order valence-corrected chi connectivity index (χ2v) is 4.21. The summed E-state index contributed by atoms with van der Waals surface area (Å²) in [5, 5.41) is 3.31. The molecule has 0 bridgehead atoms. The van der Waals surface area contributed by atoms with Crippen LogP contribution >= 0.6 is 0 Å². The van der Waals surface area contributed by atoms with Gasteiger partial charge in [0.25, 0.3) is 0 Å². The summed E-state index contributed by atoms with van der Waals surface area (Å²) in [6, 6.07) is 0. The maximum absolute atomic E-state index is 11.8. The van der Waals surface area contributed by atoms with E-state index in [-0.39, 0.29) is 5.97 Å². The quantitative estimate of drug-likeness (QED) is 0.382. The zero-order valence-electron chi connectivity index (χ0n) is 11.8. The van der Waals surface area contributed by atoms with Crippen LogP contribution in [0.2, 0.25) is 0 Å². The topological polar surface area (TPSA) is 38.3 Å². The van der Waals surface area contributed by atoms with E-state index in [2.05, 4.69) is 19.2 Å². The first-order valence-electron chi connectivity index (χ1n) is 6.78. The summed E-state index contributed by atoms with van der Waals surface area (Å²) in [7, 11) is 0. The molecule has 0 amide bonds. The van der Waals surface area contributed by atoms with Crippen molar-refractivity contribution in [1.82, 2.24) is 5.32 Å². The largest absolute Gasteiger partial charge is 0.463 e. The summed E-state index contributed by atoms with van der Waals surface area (Å²) in [5.74, 6) is -0.164. The van der Waals surface area contributed by atoms with Gasteiger partial charge in [0.15, 0.2) is 0 Å². The number of carbonyl (C=O) groups is 1. The highest BCUT2D eigenvalue weighted by Gasteiger charge is 2.13. The van der Waals surface area contributed by atoms with Crippen LogP contribution in [0, 0.1) is 0 Å². The van der Waals surface area contributed by atoms with Gasteiger partial charge in [-0.3, -0.25) is 0 Å². The molecule has 0 unspecified atom stereocenters. The molecule has 0 spiro atoms. The van der Waals surface area contributed by atoms with Gasteiger partial charge in [0.05, 0.1) is 12.2 Å². The first-order chi connectivity index (χ1) is 8.17. The minimum absolute atomic E-state index is 0.164. The van der Waals surface area contributed by atoms with Crippen molar-refractivity contribution in [3.05, 3.63) is 11.3 Å². The van der Waals surface area contributed by atoms with Gasteiger partial charge in [0.1, 0.15) is 0 Å². The van der Waals surface area contributed by atoms with Crippen molar-refractivity contribution >= 4 is 5.97 Å². The maximum atomic E-state index is 11.8. The van der Waals surface area contributed by atoms with Gasteiger partial charge in [0, 0.05) is 12.2 Å². The number of hydrogen-bond acceptors (Lipinski definition) is 3. The number of nitrogens with one attached hydrogen (secondary N) is 1. The Balaban J connectivity index is 4.49. The predicted octanol–water partition coefficient (Wildman–Crippen LogP) is 3.40. The Labute approximate surface area is 106 Å². The molecule has 3 nitrogen and oxygen atoms in total. The van der Waals surface area contributed by atoms with E-state index >= 15 is 0 Å². The highest BCUT2D eigenvalue weighted by Crippen LogP contribution is 2.13. The Morgan fingerprint density at radius 2 is 1.76 bits per heavy atom. The van der Waals surface area contributed by atoms with Crippen molar-refractivity contribution in [1.29, 1.82) is 0 Å². The molecule has 0 heterocycles. The average Bonchev–Trinajstić information content (AvgIpc) is 2.30. The normalized spacial score (nSPS) is 12.0. The van der Waals surface area contributed by atoms with Gasteiger partial charge in [-0.25, -0.2) is 4.79 Å². The summed E-state index contributed by atoms with van der Waals surface area (Å²) in [5.41, 5.74) is 1.79. The fourth-order valence-corrected chi connectivity index (χ4v) is 1.57. The summed E-state index contributed by atoms with van der Waals surface area (Å²) >= 11 is 0. The van der Waals surface area contributed by atoms with Gasteiger partial charge >= 0.3 is 5.97 Å². The van der Waals surface area contributed by atoms with E-state index in [1.165, 1.54) is 0 Å². The molecule has 0 aromatic heterocycles. The summed E-state index contributed by atoms with van der Waals surface area (Å²) < 4.78 is 5.09. The van der Waals surface area contributed by atoms with E-state index in [1.807, 2.05) is 13.8 Å². The van der Waals surface area contributed by atoms with Crippen LogP contribution in [0.3, 0.4) is 0 Å². The van der Waals surface area contributed by atoms with Crippen LogP contribution in [-0.2, 0) is 9.53 Å². The Bertz CT molecular complexity index is 247. The molecule has 0 rings (SSSR count). The zero-order chi connectivity index (χ0) is 13.1. The number of allylic oxidation sites excluding steroid dienone is 1. The van der Waals surface area contributed by atoms with Crippen LogP contribution in [0.4, 0.5) is 0 Å². The third kappa shape index (κ3) is 7.03. The molecule has 100 valence electrons. The SMILES string of the molecule is CCCCNC(C)=C(CCCC)C(=O)OCC. The van der Waals surface area contributed by atoms with Gasteiger partial charge in [0.2, 0.25) is 0 Å². The van der Waals surface area contributed by atoms with Crippen molar-refractivity contribution in [3.8, 4) is 0 Å². The van der Waals surface area contributed by atoms with E-state index in [0.717, 1.165) is 49.9 Å². The highest BCUT2D eigenvalue weighted by atomic mass is 16.5. The molecule has 0 fully saturated rings. The zero-order valence-corrected chi connectivity index (χ0v) is 11.8. The van der Waals surface area contributed by atoms with E-state index in [1.54, 1.807) is 0 Å². The van der Waals surface area contributed by atoms with Crippen molar-refractivity contribution in [2.45, 2.75) is 59.8 Å². The summed E-state index contributed by atoms with van der Waals surface area (Å²) in [6.45, 7) is 9.47. The van der Waals surface area contributed by atoms with Gasteiger partial charge < -0.3 is 10.1 Å². The Hall–Kier alpha value is -0.990. The lowest BCUT2D eigenvalue weighted by Crippen LogP contribution is -2.19.